The van der Waals surface area contributed by atoms with Crippen LogP contribution in [0.4, 0.5) is 0 Å². The number of carbonyl (C=O) groups excluding carboxylic acids is 1. The SMILES string of the molecule is CCOC(=O)CCNCc1cc(Br)c(O)c(Br)c1. The molecule has 0 aromatic heterocycles. The number of halogens is 2. The Morgan fingerprint density at radius 2 is 2.00 bits per heavy atom. The fourth-order valence-electron chi connectivity index (χ4n) is 1.38. The number of benzene rings is 1. The van der Waals surface area contributed by atoms with Crippen LogP contribution in [0, 0.1) is 0 Å². The molecule has 0 bridgehead atoms. The molecule has 0 aliphatic rings. The average molecular weight is 381 g/mol. The van der Waals surface area contributed by atoms with Gasteiger partial charge in [-0.3, -0.25) is 4.79 Å². The molecular weight excluding hydrogens is 366 g/mol. The Balaban J connectivity index is 2.38. The van der Waals surface area contributed by atoms with Gasteiger partial charge in [-0.2, -0.15) is 0 Å². The minimum Gasteiger partial charge on any atom is -0.506 e. The molecule has 0 saturated heterocycles. The summed E-state index contributed by atoms with van der Waals surface area (Å²) in [5.41, 5.74) is 1.01. The lowest BCUT2D eigenvalue weighted by Crippen LogP contribution is -2.19. The second kappa shape index (κ2) is 7.76. The summed E-state index contributed by atoms with van der Waals surface area (Å²) in [6.45, 7) is 3.39. The normalized spacial score (nSPS) is 10.4. The highest BCUT2D eigenvalue weighted by Crippen LogP contribution is 2.33. The first-order valence-electron chi connectivity index (χ1n) is 5.57. The molecule has 0 radical (unpaired) electrons. The van der Waals surface area contributed by atoms with Gasteiger partial charge in [-0.15, -0.1) is 0 Å². The predicted molar refractivity (Wildman–Crippen MR) is 76.5 cm³/mol. The molecular formula is C12H15Br2NO3. The summed E-state index contributed by atoms with van der Waals surface area (Å²) >= 11 is 6.54. The molecule has 100 valence electrons. The third-order valence-electron chi connectivity index (χ3n) is 2.22. The molecule has 0 aliphatic carbocycles. The maximum absolute atomic E-state index is 11.1. The van der Waals surface area contributed by atoms with E-state index in [4.69, 9.17) is 4.74 Å². The number of carbonyl (C=O) groups is 1. The first-order valence-corrected chi connectivity index (χ1v) is 7.16. The van der Waals surface area contributed by atoms with Crippen molar-refractivity contribution in [3.63, 3.8) is 0 Å². The van der Waals surface area contributed by atoms with E-state index in [9.17, 15) is 9.90 Å². The van der Waals surface area contributed by atoms with E-state index in [1.807, 2.05) is 12.1 Å². The van der Waals surface area contributed by atoms with Crippen LogP contribution in [0.2, 0.25) is 0 Å². The number of phenolic OH excluding ortho intramolecular Hbond substituents is 1. The van der Waals surface area contributed by atoms with Crippen LogP contribution in [-0.4, -0.2) is 24.2 Å². The third-order valence-corrected chi connectivity index (χ3v) is 3.43. The molecule has 1 aromatic carbocycles. The van der Waals surface area contributed by atoms with Crippen LogP contribution in [0.15, 0.2) is 21.1 Å². The molecule has 0 saturated carbocycles. The van der Waals surface area contributed by atoms with Gasteiger partial charge in [0.1, 0.15) is 5.75 Å². The molecule has 1 aromatic rings. The highest BCUT2D eigenvalue weighted by molar-refractivity contribution is 9.11. The zero-order valence-corrected chi connectivity index (χ0v) is 13.2. The van der Waals surface area contributed by atoms with Crippen LogP contribution in [0.1, 0.15) is 18.9 Å². The number of aromatic hydroxyl groups is 1. The van der Waals surface area contributed by atoms with Gasteiger partial charge in [0.05, 0.1) is 22.0 Å². The summed E-state index contributed by atoms with van der Waals surface area (Å²) in [5.74, 6) is -0.0108. The van der Waals surface area contributed by atoms with Gasteiger partial charge < -0.3 is 15.2 Å². The van der Waals surface area contributed by atoms with Crippen molar-refractivity contribution in [3.05, 3.63) is 26.6 Å². The standard InChI is InChI=1S/C12H15Br2NO3/c1-2-18-11(16)3-4-15-7-8-5-9(13)12(17)10(14)6-8/h5-6,15,17H,2-4,7H2,1H3. The van der Waals surface area contributed by atoms with Crippen molar-refractivity contribution in [1.82, 2.24) is 5.32 Å². The fourth-order valence-corrected chi connectivity index (χ4v) is 2.66. The Kier molecular flexibility index (Phi) is 6.67. The van der Waals surface area contributed by atoms with Crippen molar-refractivity contribution in [2.45, 2.75) is 19.9 Å². The summed E-state index contributed by atoms with van der Waals surface area (Å²) in [6.07, 6.45) is 0.355. The molecule has 2 N–H and O–H groups in total. The van der Waals surface area contributed by atoms with E-state index < -0.39 is 0 Å². The number of esters is 1. The summed E-state index contributed by atoms with van der Waals surface area (Å²) in [7, 11) is 0. The smallest absolute Gasteiger partial charge is 0.307 e. The van der Waals surface area contributed by atoms with Gasteiger partial charge in [-0.1, -0.05) is 0 Å². The number of phenols is 1. The molecule has 18 heavy (non-hydrogen) atoms. The van der Waals surface area contributed by atoms with Gasteiger partial charge in [0.2, 0.25) is 0 Å². The molecule has 0 heterocycles. The lowest BCUT2D eigenvalue weighted by atomic mass is 10.2. The summed E-state index contributed by atoms with van der Waals surface area (Å²) in [4.78, 5) is 11.1. The first kappa shape index (κ1) is 15.5. The molecule has 0 unspecified atom stereocenters. The molecule has 0 amide bonds. The largest absolute Gasteiger partial charge is 0.506 e. The molecule has 0 fully saturated rings. The summed E-state index contributed by atoms with van der Waals surface area (Å²) in [5, 5.41) is 12.7. The molecule has 4 nitrogen and oxygen atoms in total. The van der Waals surface area contributed by atoms with E-state index in [-0.39, 0.29) is 11.7 Å². The van der Waals surface area contributed by atoms with Gasteiger partial charge >= 0.3 is 5.97 Å². The quantitative estimate of drug-likeness (QED) is 0.588. The van der Waals surface area contributed by atoms with E-state index in [0.29, 0.717) is 35.1 Å². The van der Waals surface area contributed by atoms with Gasteiger partial charge in [0.25, 0.3) is 0 Å². The van der Waals surface area contributed by atoms with Gasteiger partial charge in [0.15, 0.2) is 0 Å². The lowest BCUT2D eigenvalue weighted by Gasteiger charge is -2.07. The Hall–Kier alpha value is -0.590. The van der Waals surface area contributed by atoms with Gasteiger partial charge in [-0.25, -0.2) is 0 Å². The fraction of sp³-hybridized carbons (Fsp3) is 0.417. The Morgan fingerprint density at radius 3 is 2.56 bits per heavy atom. The van der Waals surface area contributed by atoms with Crippen molar-refractivity contribution in [2.24, 2.45) is 0 Å². The van der Waals surface area contributed by atoms with E-state index >= 15 is 0 Å². The van der Waals surface area contributed by atoms with Crippen LogP contribution < -0.4 is 5.32 Å². The topological polar surface area (TPSA) is 58.6 Å². The van der Waals surface area contributed by atoms with E-state index in [1.54, 1.807) is 6.92 Å². The Morgan fingerprint density at radius 1 is 1.39 bits per heavy atom. The predicted octanol–water partition coefficient (Wildman–Crippen LogP) is 2.96. The molecule has 0 atom stereocenters. The second-order valence-electron chi connectivity index (χ2n) is 3.64. The number of rotatable bonds is 6. The number of nitrogens with one attached hydrogen (secondary N) is 1. The lowest BCUT2D eigenvalue weighted by molar-refractivity contribution is -0.142. The highest BCUT2D eigenvalue weighted by atomic mass is 79.9. The number of hydrogen-bond donors (Lipinski definition) is 2. The maximum Gasteiger partial charge on any atom is 0.307 e. The van der Waals surface area contributed by atoms with Crippen LogP contribution in [0.25, 0.3) is 0 Å². The monoisotopic (exact) mass is 379 g/mol. The summed E-state index contributed by atoms with van der Waals surface area (Å²) < 4.78 is 6.10. The zero-order valence-electron chi connectivity index (χ0n) is 10.0. The van der Waals surface area contributed by atoms with Crippen molar-refractivity contribution in [2.75, 3.05) is 13.2 Å². The van der Waals surface area contributed by atoms with Crippen LogP contribution in [0.3, 0.4) is 0 Å². The second-order valence-corrected chi connectivity index (χ2v) is 5.35. The van der Waals surface area contributed by atoms with E-state index in [0.717, 1.165) is 5.56 Å². The molecule has 0 spiro atoms. The Labute approximate surface area is 123 Å². The zero-order chi connectivity index (χ0) is 13.5. The average Bonchev–Trinajstić information content (AvgIpc) is 2.32. The highest BCUT2D eigenvalue weighted by Gasteiger charge is 2.06. The van der Waals surface area contributed by atoms with Crippen LogP contribution in [0.5, 0.6) is 5.75 Å². The van der Waals surface area contributed by atoms with Gasteiger partial charge in [-0.05, 0) is 56.5 Å². The van der Waals surface area contributed by atoms with Crippen molar-refractivity contribution in [3.8, 4) is 5.75 Å². The molecule has 1 rings (SSSR count). The number of ether oxygens (including phenoxy) is 1. The van der Waals surface area contributed by atoms with E-state index in [2.05, 4.69) is 37.2 Å². The van der Waals surface area contributed by atoms with Gasteiger partial charge in [0, 0.05) is 13.1 Å². The first-order chi connectivity index (χ1) is 8.54. The van der Waals surface area contributed by atoms with Crippen molar-refractivity contribution in [1.29, 1.82) is 0 Å². The van der Waals surface area contributed by atoms with Crippen LogP contribution in [-0.2, 0) is 16.1 Å². The van der Waals surface area contributed by atoms with E-state index in [1.165, 1.54) is 0 Å². The molecule has 0 aliphatic heterocycles. The minimum atomic E-state index is -0.196. The summed E-state index contributed by atoms with van der Waals surface area (Å²) in [6, 6.07) is 3.66. The number of hydrogen-bond acceptors (Lipinski definition) is 4. The Bertz CT molecular complexity index is 401. The minimum absolute atomic E-state index is 0.185. The maximum atomic E-state index is 11.1. The van der Waals surface area contributed by atoms with Crippen molar-refractivity contribution < 1.29 is 14.6 Å². The van der Waals surface area contributed by atoms with Crippen LogP contribution >= 0.6 is 31.9 Å². The third kappa shape index (κ3) is 4.96. The molecule has 6 heteroatoms. The van der Waals surface area contributed by atoms with Crippen molar-refractivity contribution >= 4 is 37.8 Å².